The fraction of sp³-hybridized carbons (Fsp3) is 0.885. The summed E-state index contributed by atoms with van der Waals surface area (Å²) in [6, 6.07) is 0.222. The number of likely N-dealkylation sites (N-methyl/N-ethyl adjacent to an activating group) is 1. The minimum Gasteiger partial charge on any atom is -0.443 e. The van der Waals surface area contributed by atoms with Gasteiger partial charge in [0.25, 0.3) is 0 Å². The van der Waals surface area contributed by atoms with Crippen molar-refractivity contribution < 1.29 is 23.7 Å². The summed E-state index contributed by atoms with van der Waals surface area (Å²) in [6.45, 7) is 17.6. The van der Waals surface area contributed by atoms with Crippen LogP contribution < -0.4 is 0 Å². The second-order valence-electron chi connectivity index (χ2n) is 10.7. The molecule has 7 heteroatoms. The van der Waals surface area contributed by atoms with E-state index in [1.807, 2.05) is 4.90 Å². The second-order valence-corrected chi connectivity index (χ2v) is 10.7. The molecule has 1 amide bonds. The molecule has 3 rings (SSSR count). The molecule has 0 radical (unpaired) electrons. The zero-order chi connectivity index (χ0) is 24.2. The highest BCUT2D eigenvalue weighted by Crippen LogP contribution is 2.52. The summed E-state index contributed by atoms with van der Waals surface area (Å²) in [5.41, 5.74) is 0.510. The number of carbonyl (C=O) groups excluding carboxylic acids is 1. The van der Waals surface area contributed by atoms with E-state index in [9.17, 15) is 4.79 Å². The Balaban J connectivity index is 1.70. The normalized spacial score (nSPS) is 31.8. The Hall–Kier alpha value is -1.15. The Kier molecular flexibility index (Phi) is 8.87. The number of rotatable bonds is 10. The summed E-state index contributed by atoms with van der Waals surface area (Å²) >= 11 is 0. The molecule has 33 heavy (non-hydrogen) atoms. The summed E-state index contributed by atoms with van der Waals surface area (Å²) in [4.78, 5) is 17.6. The van der Waals surface area contributed by atoms with E-state index in [-0.39, 0.29) is 35.9 Å². The van der Waals surface area contributed by atoms with Crippen LogP contribution in [0.25, 0.3) is 0 Å². The third-order valence-corrected chi connectivity index (χ3v) is 7.82. The molecule has 0 bridgehead atoms. The molecule has 1 saturated carbocycles. The van der Waals surface area contributed by atoms with E-state index in [1.54, 1.807) is 7.11 Å². The van der Waals surface area contributed by atoms with Gasteiger partial charge in [0.15, 0.2) is 0 Å². The summed E-state index contributed by atoms with van der Waals surface area (Å²) in [6.07, 6.45) is 4.99. The Morgan fingerprint density at radius 3 is 2.52 bits per heavy atom. The van der Waals surface area contributed by atoms with Gasteiger partial charge < -0.3 is 28.7 Å². The van der Waals surface area contributed by atoms with E-state index in [0.717, 1.165) is 51.9 Å². The highest BCUT2D eigenvalue weighted by atomic mass is 16.6. The fourth-order valence-corrected chi connectivity index (χ4v) is 5.84. The Morgan fingerprint density at radius 1 is 1.24 bits per heavy atom. The van der Waals surface area contributed by atoms with Crippen molar-refractivity contribution >= 4 is 6.09 Å². The van der Waals surface area contributed by atoms with Gasteiger partial charge in [0, 0.05) is 32.2 Å². The van der Waals surface area contributed by atoms with Gasteiger partial charge in [0.05, 0.1) is 24.4 Å². The first-order chi connectivity index (χ1) is 15.7. The molecule has 2 heterocycles. The SMILES string of the molecule is CCN(CC)C[C@H]1CCCN1C(=O)O[C@@H]1CC[C@]2(CO2)[C@@H](C(C)(C)OCC=C(C)C)[C@@H]1OC. The number of methoxy groups -OCH3 is 1. The molecule has 190 valence electrons. The van der Waals surface area contributed by atoms with Crippen molar-refractivity contribution in [1.82, 2.24) is 9.80 Å². The molecule has 0 aromatic rings. The summed E-state index contributed by atoms with van der Waals surface area (Å²) in [7, 11) is 1.71. The zero-order valence-corrected chi connectivity index (χ0v) is 21.9. The van der Waals surface area contributed by atoms with Gasteiger partial charge in [0.1, 0.15) is 12.2 Å². The van der Waals surface area contributed by atoms with Gasteiger partial charge in [-0.1, -0.05) is 25.5 Å². The number of amides is 1. The van der Waals surface area contributed by atoms with Gasteiger partial charge in [-0.05, 0) is 66.5 Å². The van der Waals surface area contributed by atoms with Gasteiger partial charge in [-0.3, -0.25) is 0 Å². The van der Waals surface area contributed by atoms with Crippen LogP contribution in [0.1, 0.15) is 67.2 Å². The number of allylic oxidation sites excluding steroid dienone is 1. The first-order valence-corrected chi connectivity index (χ1v) is 12.8. The highest BCUT2D eigenvalue weighted by molar-refractivity contribution is 5.68. The number of hydrogen-bond acceptors (Lipinski definition) is 6. The maximum absolute atomic E-state index is 13.3. The Bertz CT molecular complexity index is 682. The van der Waals surface area contributed by atoms with E-state index in [4.69, 9.17) is 18.9 Å². The van der Waals surface area contributed by atoms with Crippen LogP contribution in [-0.4, -0.2) is 91.8 Å². The van der Waals surface area contributed by atoms with E-state index in [0.29, 0.717) is 13.2 Å². The molecular formula is C26H46N2O5. The lowest BCUT2D eigenvalue weighted by molar-refractivity contribution is -0.174. The average molecular weight is 467 g/mol. The van der Waals surface area contributed by atoms with Crippen LogP contribution in [0.4, 0.5) is 4.79 Å². The van der Waals surface area contributed by atoms with Gasteiger partial charge in [0.2, 0.25) is 0 Å². The molecule has 0 aromatic carbocycles. The molecule has 0 unspecified atom stereocenters. The Labute approximate surface area is 200 Å². The van der Waals surface area contributed by atoms with Crippen molar-refractivity contribution in [2.24, 2.45) is 5.92 Å². The third kappa shape index (κ3) is 6.11. The van der Waals surface area contributed by atoms with Gasteiger partial charge in [-0.2, -0.15) is 0 Å². The predicted molar refractivity (Wildman–Crippen MR) is 129 cm³/mol. The minimum atomic E-state index is -0.479. The van der Waals surface area contributed by atoms with Crippen LogP contribution in [-0.2, 0) is 18.9 Å². The van der Waals surface area contributed by atoms with Crippen molar-refractivity contribution in [3.05, 3.63) is 11.6 Å². The van der Waals surface area contributed by atoms with Crippen LogP contribution >= 0.6 is 0 Å². The molecular weight excluding hydrogens is 420 g/mol. The minimum absolute atomic E-state index is 0.0165. The average Bonchev–Trinajstić information content (AvgIpc) is 3.37. The molecule has 1 spiro atoms. The molecule has 7 nitrogen and oxygen atoms in total. The summed E-state index contributed by atoms with van der Waals surface area (Å²) < 4.78 is 24.5. The van der Waals surface area contributed by atoms with Crippen molar-refractivity contribution in [2.45, 2.75) is 96.7 Å². The molecule has 5 atom stereocenters. The molecule has 2 saturated heterocycles. The summed E-state index contributed by atoms with van der Waals surface area (Å²) in [5.74, 6) is -0.0165. The van der Waals surface area contributed by atoms with Crippen molar-refractivity contribution in [2.75, 3.05) is 46.5 Å². The molecule has 3 fully saturated rings. The third-order valence-electron chi connectivity index (χ3n) is 7.82. The highest BCUT2D eigenvalue weighted by Gasteiger charge is 2.64. The number of hydrogen-bond donors (Lipinski definition) is 0. The molecule has 0 aromatic heterocycles. The van der Waals surface area contributed by atoms with E-state index in [1.165, 1.54) is 5.57 Å². The Morgan fingerprint density at radius 2 is 1.94 bits per heavy atom. The lowest BCUT2D eigenvalue weighted by Crippen LogP contribution is -2.59. The van der Waals surface area contributed by atoms with Crippen LogP contribution in [0.5, 0.6) is 0 Å². The predicted octanol–water partition coefficient (Wildman–Crippen LogP) is 4.25. The quantitative estimate of drug-likeness (QED) is 0.354. The smallest absolute Gasteiger partial charge is 0.410 e. The molecule has 0 N–H and O–H groups in total. The van der Waals surface area contributed by atoms with Gasteiger partial charge in [-0.25, -0.2) is 4.79 Å². The number of likely N-dealkylation sites (tertiary alicyclic amines) is 1. The van der Waals surface area contributed by atoms with Crippen molar-refractivity contribution in [3.63, 3.8) is 0 Å². The van der Waals surface area contributed by atoms with E-state index in [2.05, 4.69) is 52.5 Å². The van der Waals surface area contributed by atoms with Crippen LogP contribution in [0, 0.1) is 5.92 Å². The van der Waals surface area contributed by atoms with Crippen molar-refractivity contribution in [3.8, 4) is 0 Å². The number of epoxide rings is 1. The maximum Gasteiger partial charge on any atom is 0.410 e. The largest absolute Gasteiger partial charge is 0.443 e. The number of nitrogens with zero attached hydrogens (tertiary/aromatic N) is 2. The monoisotopic (exact) mass is 466 g/mol. The zero-order valence-electron chi connectivity index (χ0n) is 21.9. The second kappa shape index (κ2) is 11.1. The summed E-state index contributed by atoms with van der Waals surface area (Å²) in [5, 5.41) is 0. The standard InChI is InChI=1S/C26H46N2O5/c1-8-27(9-2)17-20-11-10-15-28(20)24(29)33-21-12-14-26(18-32-26)23(22(21)30-7)25(5,6)31-16-13-19(3)4/h13,20-23H,8-12,14-18H2,1-7H3/t20-,21-,22-,23-,26+/m1/s1. The van der Waals surface area contributed by atoms with E-state index >= 15 is 0 Å². The number of carbonyl (C=O) groups is 1. The van der Waals surface area contributed by atoms with Crippen LogP contribution in [0.2, 0.25) is 0 Å². The van der Waals surface area contributed by atoms with Gasteiger partial charge in [-0.15, -0.1) is 0 Å². The lowest BCUT2D eigenvalue weighted by atomic mass is 9.68. The van der Waals surface area contributed by atoms with Crippen molar-refractivity contribution in [1.29, 1.82) is 0 Å². The topological polar surface area (TPSA) is 63.8 Å². The van der Waals surface area contributed by atoms with E-state index < -0.39 is 5.60 Å². The van der Waals surface area contributed by atoms with Gasteiger partial charge >= 0.3 is 6.09 Å². The van der Waals surface area contributed by atoms with Crippen LogP contribution in [0.15, 0.2) is 11.6 Å². The first-order valence-electron chi connectivity index (χ1n) is 12.8. The van der Waals surface area contributed by atoms with Crippen LogP contribution in [0.3, 0.4) is 0 Å². The fourth-order valence-electron chi connectivity index (χ4n) is 5.84. The first kappa shape index (κ1) is 26.5. The maximum atomic E-state index is 13.3. The lowest BCUT2D eigenvalue weighted by Gasteiger charge is -2.47. The molecule has 3 aliphatic rings. The molecule has 2 aliphatic heterocycles. The number of ether oxygens (including phenoxy) is 4. The molecule has 1 aliphatic carbocycles.